The van der Waals surface area contributed by atoms with Crippen molar-refractivity contribution >= 4 is 46.0 Å². The van der Waals surface area contributed by atoms with Gasteiger partial charge in [0.05, 0.1) is 35.3 Å². The monoisotopic (exact) mass is 459 g/mol. The summed E-state index contributed by atoms with van der Waals surface area (Å²) in [4.78, 5) is 35.4. The number of hydrogen-bond acceptors (Lipinski definition) is 5. The van der Waals surface area contributed by atoms with Gasteiger partial charge in [0.25, 0.3) is 5.78 Å². The lowest BCUT2D eigenvalue weighted by Crippen LogP contribution is -2.30. The van der Waals surface area contributed by atoms with E-state index in [2.05, 4.69) is 9.97 Å². The number of para-hydroxylation sites is 2. The van der Waals surface area contributed by atoms with Gasteiger partial charge in [0.15, 0.2) is 0 Å². The Bertz CT molecular complexity index is 1400. The number of amides is 1. The molecule has 1 amide bonds. The number of methoxy groups -OCH3 is 1. The van der Waals surface area contributed by atoms with Crippen LogP contribution >= 0.6 is 11.6 Å². The molecule has 1 unspecified atom stereocenters. The first-order chi connectivity index (χ1) is 16.0. The fourth-order valence-corrected chi connectivity index (χ4v) is 4.24. The quantitative estimate of drug-likeness (QED) is 0.258. The minimum Gasteiger partial charge on any atom is -0.507 e. The SMILES string of the molecule is COc1ccc(Cl)cc1/C(O)=C1\C(=O)C(=O)N(c2nc3ccccc3[nH]2)C1c1ccccc1. The van der Waals surface area contributed by atoms with Crippen molar-refractivity contribution in [2.75, 3.05) is 12.0 Å². The van der Waals surface area contributed by atoms with Crippen molar-refractivity contribution in [1.29, 1.82) is 0 Å². The Morgan fingerprint density at radius 1 is 1.06 bits per heavy atom. The third kappa shape index (κ3) is 3.43. The number of nitrogens with zero attached hydrogens (tertiary/aromatic N) is 2. The number of ketones is 1. The van der Waals surface area contributed by atoms with Crippen LogP contribution < -0.4 is 9.64 Å². The maximum absolute atomic E-state index is 13.3. The van der Waals surface area contributed by atoms with Gasteiger partial charge in [-0.3, -0.25) is 14.5 Å². The normalized spacial score (nSPS) is 17.6. The summed E-state index contributed by atoms with van der Waals surface area (Å²) in [7, 11) is 1.45. The lowest BCUT2D eigenvalue weighted by atomic mass is 9.95. The summed E-state index contributed by atoms with van der Waals surface area (Å²) in [5, 5.41) is 11.6. The number of carbonyl (C=O) groups is 2. The number of H-pyrrole nitrogens is 1. The number of aromatic nitrogens is 2. The number of halogens is 1. The van der Waals surface area contributed by atoms with Crippen LogP contribution in [0, 0.1) is 0 Å². The van der Waals surface area contributed by atoms with Crippen LogP contribution in [-0.2, 0) is 9.59 Å². The van der Waals surface area contributed by atoms with Crippen LogP contribution in [0.5, 0.6) is 5.75 Å². The van der Waals surface area contributed by atoms with E-state index < -0.39 is 17.7 Å². The second kappa shape index (κ2) is 8.11. The molecular formula is C25H18ClN3O4. The van der Waals surface area contributed by atoms with Gasteiger partial charge < -0.3 is 14.8 Å². The Morgan fingerprint density at radius 2 is 1.79 bits per heavy atom. The van der Waals surface area contributed by atoms with E-state index in [9.17, 15) is 14.7 Å². The minimum atomic E-state index is -0.907. The van der Waals surface area contributed by atoms with Gasteiger partial charge in [-0.05, 0) is 35.9 Å². The molecule has 1 fully saturated rings. The molecular weight excluding hydrogens is 442 g/mol. The number of nitrogens with one attached hydrogen (secondary N) is 1. The summed E-state index contributed by atoms with van der Waals surface area (Å²) in [6.07, 6.45) is 0. The fraction of sp³-hybridized carbons (Fsp3) is 0.0800. The number of benzene rings is 3. The molecule has 0 radical (unpaired) electrons. The van der Waals surface area contributed by atoms with Crippen LogP contribution in [0.4, 0.5) is 5.95 Å². The number of aromatic amines is 1. The highest BCUT2D eigenvalue weighted by Crippen LogP contribution is 2.43. The Labute approximate surface area is 193 Å². The van der Waals surface area contributed by atoms with Gasteiger partial charge in [-0.2, -0.15) is 0 Å². The molecule has 0 saturated carbocycles. The van der Waals surface area contributed by atoms with Crippen LogP contribution in [0.3, 0.4) is 0 Å². The standard InChI is InChI=1S/C25H18ClN3O4/c1-33-19-12-11-15(26)13-16(19)22(30)20-21(14-7-3-2-4-8-14)29(24(32)23(20)31)25-27-17-9-5-6-10-18(17)28-25/h2-13,21,30H,1H3,(H,27,28)/b22-20+. The van der Waals surface area contributed by atoms with Gasteiger partial charge in [0.2, 0.25) is 5.95 Å². The third-order valence-corrected chi connectivity index (χ3v) is 5.82. The third-order valence-electron chi connectivity index (χ3n) is 5.58. The summed E-state index contributed by atoms with van der Waals surface area (Å²) in [5.74, 6) is -1.47. The number of ether oxygens (including phenoxy) is 1. The van der Waals surface area contributed by atoms with Gasteiger partial charge >= 0.3 is 5.91 Å². The van der Waals surface area contributed by atoms with Crippen molar-refractivity contribution < 1.29 is 19.4 Å². The maximum atomic E-state index is 13.3. The van der Waals surface area contributed by atoms with E-state index in [1.807, 2.05) is 24.3 Å². The lowest BCUT2D eigenvalue weighted by molar-refractivity contribution is -0.132. The topological polar surface area (TPSA) is 95.5 Å². The average Bonchev–Trinajstić information content (AvgIpc) is 3.37. The molecule has 1 aliphatic heterocycles. The van der Waals surface area contributed by atoms with Crippen molar-refractivity contribution in [2.24, 2.45) is 0 Å². The van der Waals surface area contributed by atoms with E-state index in [4.69, 9.17) is 16.3 Å². The zero-order valence-corrected chi connectivity index (χ0v) is 18.2. The predicted molar refractivity (Wildman–Crippen MR) is 125 cm³/mol. The van der Waals surface area contributed by atoms with Crippen LogP contribution in [0.15, 0.2) is 78.4 Å². The van der Waals surface area contributed by atoms with E-state index in [0.717, 1.165) is 5.52 Å². The first-order valence-electron chi connectivity index (χ1n) is 10.1. The summed E-state index contributed by atoms with van der Waals surface area (Å²) in [6, 6.07) is 20.1. The highest BCUT2D eigenvalue weighted by molar-refractivity contribution is 6.51. The van der Waals surface area contributed by atoms with E-state index in [1.165, 1.54) is 18.1 Å². The van der Waals surface area contributed by atoms with Crippen molar-refractivity contribution in [3.8, 4) is 5.75 Å². The first kappa shape index (κ1) is 20.8. The van der Waals surface area contributed by atoms with E-state index in [1.54, 1.807) is 42.5 Å². The first-order valence-corrected chi connectivity index (χ1v) is 10.5. The molecule has 7 nitrogen and oxygen atoms in total. The van der Waals surface area contributed by atoms with Gasteiger partial charge in [-0.25, -0.2) is 4.98 Å². The fourth-order valence-electron chi connectivity index (χ4n) is 4.07. The van der Waals surface area contributed by atoms with E-state index in [-0.39, 0.29) is 22.8 Å². The second-order valence-corrected chi connectivity index (χ2v) is 7.94. The molecule has 2 heterocycles. The van der Waals surface area contributed by atoms with Crippen molar-refractivity contribution in [3.63, 3.8) is 0 Å². The van der Waals surface area contributed by atoms with Crippen LogP contribution in [0.25, 0.3) is 16.8 Å². The van der Waals surface area contributed by atoms with Crippen molar-refractivity contribution in [3.05, 3.63) is 94.5 Å². The molecule has 8 heteroatoms. The number of anilines is 1. The van der Waals surface area contributed by atoms with Gasteiger partial charge in [-0.15, -0.1) is 0 Å². The zero-order valence-electron chi connectivity index (χ0n) is 17.4. The molecule has 0 bridgehead atoms. The number of rotatable bonds is 4. The molecule has 2 N–H and O–H groups in total. The summed E-state index contributed by atoms with van der Waals surface area (Å²) in [5.41, 5.74) is 2.15. The number of hydrogen-bond donors (Lipinski definition) is 2. The zero-order chi connectivity index (χ0) is 23.1. The van der Waals surface area contributed by atoms with Gasteiger partial charge in [-0.1, -0.05) is 54.1 Å². The summed E-state index contributed by atoms with van der Waals surface area (Å²) in [6.45, 7) is 0. The Balaban J connectivity index is 1.76. The molecule has 1 atom stereocenters. The van der Waals surface area contributed by atoms with Gasteiger partial charge in [0.1, 0.15) is 11.5 Å². The lowest BCUT2D eigenvalue weighted by Gasteiger charge is -2.23. The van der Waals surface area contributed by atoms with Crippen LogP contribution in [0.1, 0.15) is 17.2 Å². The molecule has 164 valence electrons. The average molecular weight is 460 g/mol. The number of fused-ring (bicyclic) bond motifs is 1. The number of imidazole rings is 1. The highest BCUT2D eigenvalue weighted by Gasteiger charge is 2.48. The van der Waals surface area contributed by atoms with Crippen molar-refractivity contribution in [1.82, 2.24) is 9.97 Å². The largest absolute Gasteiger partial charge is 0.507 e. The Kier molecular flexibility index (Phi) is 5.11. The molecule has 4 aromatic rings. The van der Waals surface area contributed by atoms with Crippen LogP contribution in [0.2, 0.25) is 5.02 Å². The molecule has 3 aromatic carbocycles. The van der Waals surface area contributed by atoms with E-state index in [0.29, 0.717) is 21.9 Å². The van der Waals surface area contributed by atoms with Crippen molar-refractivity contribution in [2.45, 2.75) is 6.04 Å². The molecule has 33 heavy (non-hydrogen) atoms. The number of Topliss-reactive ketones (excluding diaryl/α,β-unsaturated/α-hetero) is 1. The minimum absolute atomic E-state index is 0.0766. The number of aliphatic hydroxyl groups is 1. The molecule has 0 spiro atoms. The maximum Gasteiger partial charge on any atom is 0.302 e. The predicted octanol–water partition coefficient (Wildman–Crippen LogP) is 4.85. The second-order valence-electron chi connectivity index (χ2n) is 7.50. The summed E-state index contributed by atoms with van der Waals surface area (Å²) < 4.78 is 5.35. The number of aliphatic hydroxyl groups excluding tert-OH is 1. The molecule has 1 saturated heterocycles. The highest BCUT2D eigenvalue weighted by atomic mass is 35.5. The molecule has 1 aliphatic rings. The Morgan fingerprint density at radius 3 is 2.52 bits per heavy atom. The van der Waals surface area contributed by atoms with E-state index >= 15 is 0 Å². The smallest absolute Gasteiger partial charge is 0.302 e. The molecule has 1 aromatic heterocycles. The van der Waals surface area contributed by atoms with Crippen LogP contribution in [-0.4, -0.2) is 33.9 Å². The van der Waals surface area contributed by atoms with Gasteiger partial charge in [0, 0.05) is 5.02 Å². The summed E-state index contributed by atoms with van der Waals surface area (Å²) >= 11 is 6.15. The Hall–Kier alpha value is -4.10. The molecule has 0 aliphatic carbocycles. The number of carbonyl (C=O) groups excluding carboxylic acids is 2. The molecule has 5 rings (SSSR count).